The van der Waals surface area contributed by atoms with Gasteiger partial charge in [0.25, 0.3) is 0 Å². The quantitative estimate of drug-likeness (QED) is 0.370. The van der Waals surface area contributed by atoms with Crippen LogP contribution in [-0.4, -0.2) is 54.8 Å². The van der Waals surface area contributed by atoms with Crippen LogP contribution in [0, 0.1) is 0 Å². The van der Waals surface area contributed by atoms with Crippen LogP contribution in [0.25, 0.3) is 0 Å². The summed E-state index contributed by atoms with van der Waals surface area (Å²) in [4.78, 5) is 18.4. The van der Waals surface area contributed by atoms with Crippen LogP contribution in [-0.2, 0) is 24.2 Å². The third-order valence-corrected chi connectivity index (χ3v) is 2.54. The summed E-state index contributed by atoms with van der Waals surface area (Å²) < 4.78 is 6.04. The van der Waals surface area contributed by atoms with Crippen LogP contribution in [0.2, 0.25) is 0 Å². The molecule has 1 aliphatic rings. The molecule has 9 nitrogen and oxygen atoms in total. The molecule has 0 aliphatic carbocycles. The number of nitrogens with two attached hydrogens (primary N) is 1. The predicted octanol–water partition coefficient (Wildman–Crippen LogP) is -9.16. The van der Waals surface area contributed by atoms with Gasteiger partial charge in [0.1, 0.15) is 24.6 Å². The van der Waals surface area contributed by atoms with Gasteiger partial charge in [-0.3, -0.25) is 4.57 Å². The summed E-state index contributed by atoms with van der Waals surface area (Å²) in [6.07, 6.45) is -3.67. The smallest absolute Gasteiger partial charge is 1.00 e. The Kier molecular flexibility index (Phi) is 9.69. The van der Waals surface area contributed by atoms with E-state index in [1.165, 1.54) is 0 Å². The number of nitrogens with zero attached hydrogens (tertiary/aromatic N) is 3. The molecule has 4 atom stereocenters. The number of rotatable bonds is 2. The minimum atomic E-state index is -1.35. The van der Waals surface area contributed by atoms with E-state index in [1.807, 2.05) is 0 Å². The number of aliphatic hydroxyl groups excluding tert-OH is 3. The molecule has 12 heteroatoms. The standard InChI is InChI=1S/C8H12N4O5.2ClH.Zn/c9-7-10-2-12(8(16)11-7)6-5(15)4(14)3(1-13)17-6;;;/h2-6,13-15H,1H2,(H2,9,11,16);2*1H;/q;;;+2/p-2/t3-,4-,5-,6-;;;/m1.../s1. The third-order valence-electron chi connectivity index (χ3n) is 2.54. The van der Waals surface area contributed by atoms with Gasteiger partial charge in [-0.25, -0.2) is 9.78 Å². The largest absolute Gasteiger partial charge is 2.00 e. The van der Waals surface area contributed by atoms with Crippen molar-refractivity contribution in [1.29, 1.82) is 0 Å². The molecule has 1 aliphatic heterocycles. The van der Waals surface area contributed by atoms with Crippen molar-refractivity contribution in [3.8, 4) is 0 Å². The molecule has 2 rings (SSSR count). The first-order valence-electron chi connectivity index (χ1n) is 4.87. The van der Waals surface area contributed by atoms with Gasteiger partial charge in [-0.1, -0.05) is 0 Å². The minimum Gasteiger partial charge on any atom is -1.00 e. The SMILES string of the molecule is Nc1ncn([C@@H]2O[C@H](CO)[C@@H](O)[C@H]2O)c(=O)n1.[Cl-].[Cl-].[Zn+2]. The Morgan fingerprint density at radius 1 is 1.35 bits per heavy atom. The number of anilines is 1. The first kappa shape index (κ1) is 21.9. The Bertz CT molecular complexity index is 478. The molecule has 1 fully saturated rings. The maximum atomic E-state index is 11.5. The number of nitrogen functional groups attached to an aromatic ring is 1. The molecule has 2 heterocycles. The van der Waals surface area contributed by atoms with Gasteiger partial charge in [-0.2, -0.15) is 4.98 Å². The van der Waals surface area contributed by atoms with Crippen molar-refractivity contribution < 1.29 is 64.3 Å². The Morgan fingerprint density at radius 2 is 1.95 bits per heavy atom. The minimum absolute atomic E-state index is 0. The van der Waals surface area contributed by atoms with Crippen molar-refractivity contribution in [3.63, 3.8) is 0 Å². The monoisotopic (exact) mass is 378 g/mol. The Labute approximate surface area is 138 Å². The van der Waals surface area contributed by atoms with Crippen molar-refractivity contribution in [2.75, 3.05) is 12.3 Å². The van der Waals surface area contributed by atoms with Gasteiger partial charge < -0.3 is 50.6 Å². The molecular weight excluding hydrogens is 368 g/mol. The third kappa shape index (κ3) is 4.08. The van der Waals surface area contributed by atoms with Crippen molar-refractivity contribution in [2.45, 2.75) is 24.5 Å². The van der Waals surface area contributed by atoms with Gasteiger partial charge in [-0.05, 0) is 0 Å². The van der Waals surface area contributed by atoms with Crippen LogP contribution in [0.5, 0.6) is 0 Å². The van der Waals surface area contributed by atoms with Gasteiger partial charge in [0, 0.05) is 0 Å². The van der Waals surface area contributed by atoms with Gasteiger partial charge in [0.15, 0.2) is 6.23 Å². The van der Waals surface area contributed by atoms with E-state index in [4.69, 9.17) is 15.6 Å². The van der Waals surface area contributed by atoms with Crippen molar-refractivity contribution in [3.05, 3.63) is 16.8 Å². The molecule has 0 bridgehead atoms. The summed E-state index contributed by atoms with van der Waals surface area (Å²) in [5, 5.41) is 28.1. The zero-order valence-corrected chi connectivity index (χ0v) is 14.6. The summed E-state index contributed by atoms with van der Waals surface area (Å²) in [6, 6.07) is 0. The van der Waals surface area contributed by atoms with E-state index in [9.17, 15) is 15.0 Å². The average Bonchev–Trinajstić information content (AvgIpc) is 2.57. The molecule has 1 aromatic heterocycles. The fourth-order valence-electron chi connectivity index (χ4n) is 1.64. The summed E-state index contributed by atoms with van der Waals surface area (Å²) in [7, 11) is 0. The molecular formula is C8H12Cl2N4O5Zn. The summed E-state index contributed by atoms with van der Waals surface area (Å²) in [5.41, 5.74) is 4.46. The average molecular weight is 381 g/mol. The van der Waals surface area contributed by atoms with Crippen LogP contribution < -0.4 is 36.2 Å². The van der Waals surface area contributed by atoms with Crippen LogP contribution in [0.1, 0.15) is 6.23 Å². The number of halogens is 2. The summed E-state index contributed by atoms with van der Waals surface area (Å²) in [6.45, 7) is -0.473. The Hall–Kier alpha value is -0.347. The van der Waals surface area contributed by atoms with Gasteiger partial charge in [-0.15, -0.1) is 0 Å². The van der Waals surface area contributed by atoms with Crippen LogP contribution in [0.4, 0.5) is 5.95 Å². The molecule has 0 amide bonds. The second-order valence-corrected chi connectivity index (χ2v) is 3.63. The van der Waals surface area contributed by atoms with Gasteiger partial charge in [0.2, 0.25) is 5.95 Å². The van der Waals surface area contributed by atoms with E-state index in [-0.39, 0.29) is 50.2 Å². The summed E-state index contributed by atoms with van der Waals surface area (Å²) in [5.74, 6) is -0.196. The number of hydrogen-bond acceptors (Lipinski definition) is 8. The molecule has 110 valence electrons. The topological polar surface area (TPSA) is 144 Å². The molecule has 1 aromatic rings. The number of aliphatic hydroxyl groups is 3. The molecule has 5 N–H and O–H groups in total. The van der Waals surface area contributed by atoms with Crippen molar-refractivity contribution >= 4 is 5.95 Å². The molecule has 20 heavy (non-hydrogen) atoms. The fraction of sp³-hybridized carbons (Fsp3) is 0.625. The van der Waals surface area contributed by atoms with E-state index in [2.05, 4.69) is 9.97 Å². The maximum Gasteiger partial charge on any atom is 2.00 e. The molecule has 1 saturated heterocycles. The van der Waals surface area contributed by atoms with Crippen LogP contribution in [0.3, 0.4) is 0 Å². The zero-order chi connectivity index (χ0) is 12.6. The molecule has 0 radical (unpaired) electrons. The number of ether oxygens (including phenoxy) is 1. The van der Waals surface area contributed by atoms with Crippen molar-refractivity contribution in [2.24, 2.45) is 0 Å². The van der Waals surface area contributed by atoms with E-state index in [1.54, 1.807) is 0 Å². The maximum absolute atomic E-state index is 11.5. The number of aromatic nitrogens is 3. The first-order chi connectivity index (χ1) is 8.04. The van der Waals surface area contributed by atoms with E-state index >= 15 is 0 Å². The van der Waals surface area contributed by atoms with Crippen molar-refractivity contribution in [1.82, 2.24) is 14.5 Å². The van der Waals surface area contributed by atoms with Gasteiger partial charge in [0.05, 0.1) is 6.61 Å². The Morgan fingerprint density at radius 3 is 2.40 bits per heavy atom. The molecule has 0 aromatic carbocycles. The van der Waals surface area contributed by atoms with Crippen LogP contribution in [0.15, 0.2) is 11.1 Å². The van der Waals surface area contributed by atoms with E-state index in [0.717, 1.165) is 10.9 Å². The zero-order valence-electron chi connectivity index (χ0n) is 10.1. The molecule has 0 spiro atoms. The Balaban J connectivity index is 0. The fourth-order valence-corrected chi connectivity index (χ4v) is 1.64. The second-order valence-electron chi connectivity index (χ2n) is 3.63. The van der Waals surface area contributed by atoms with Gasteiger partial charge >= 0.3 is 25.2 Å². The first-order valence-corrected chi connectivity index (χ1v) is 4.87. The predicted molar refractivity (Wildman–Crippen MR) is 53.7 cm³/mol. The molecule has 0 saturated carbocycles. The second kappa shape index (κ2) is 8.83. The molecule has 0 unspecified atom stereocenters. The van der Waals surface area contributed by atoms with E-state index in [0.29, 0.717) is 0 Å². The van der Waals surface area contributed by atoms with E-state index < -0.39 is 36.8 Å². The number of hydrogen-bond donors (Lipinski definition) is 4. The summed E-state index contributed by atoms with van der Waals surface area (Å²) >= 11 is 0. The normalized spacial score (nSPS) is 27.9. The van der Waals surface area contributed by atoms with Crippen LogP contribution >= 0.6 is 0 Å².